The molecule has 1 fully saturated rings. The second-order valence-corrected chi connectivity index (χ2v) is 4.02. The summed E-state index contributed by atoms with van der Waals surface area (Å²) in [5.74, 6) is -1.24. The maximum atomic E-state index is 13.0. The third-order valence-electron chi connectivity index (χ3n) is 2.84. The molecule has 0 saturated heterocycles. The Kier molecular flexibility index (Phi) is 3.03. The van der Waals surface area contributed by atoms with Crippen LogP contribution in [0.5, 0.6) is 0 Å². The van der Waals surface area contributed by atoms with Gasteiger partial charge in [0.2, 0.25) is 0 Å². The smallest absolute Gasteiger partial charge is 0.282 e. The minimum absolute atomic E-state index is 0.0605. The first-order valence-electron chi connectivity index (χ1n) is 5.33. The number of nitro groups is 1. The molecule has 0 atom stereocenters. The van der Waals surface area contributed by atoms with E-state index in [1.807, 2.05) is 0 Å². The summed E-state index contributed by atoms with van der Waals surface area (Å²) >= 11 is 0. The average Bonchev–Trinajstić information content (AvgIpc) is 2.22. The zero-order chi connectivity index (χ0) is 12.4. The molecule has 1 amide bonds. The lowest BCUT2D eigenvalue weighted by atomic mass is 9.93. The number of carbonyl (C=O) groups excluding carboxylic acids is 1. The lowest BCUT2D eigenvalue weighted by Gasteiger charge is -2.26. The first-order valence-corrected chi connectivity index (χ1v) is 5.33. The highest BCUT2D eigenvalue weighted by molar-refractivity contribution is 5.98. The van der Waals surface area contributed by atoms with E-state index in [4.69, 9.17) is 0 Å². The molecule has 90 valence electrons. The SMILES string of the molecule is O=C(NC1CCC1)c1cc(F)ccc1[N+](=O)[O-]. The number of nitro benzene ring substituents is 1. The third-order valence-corrected chi connectivity index (χ3v) is 2.84. The summed E-state index contributed by atoms with van der Waals surface area (Å²) in [6.07, 6.45) is 2.78. The summed E-state index contributed by atoms with van der Waals surface area (Å²) in [6, 6.07) is 2.93. The van der Waals surface area contributed by atoms with Crippen molar-refractivity contribution in [1.29, 1.82) is 0 Å². The predicted octanol–water partition coefficient (Wildman–Crippen LogP) is 2.02. The molecule has 5 nitrogen and oxygen atoms in total. The first kappa shape index (κ1) is 11.5. The lowest BCUT2D eigenvalue weighted by Crippen LogP contribution is -2.39. The van der Waals surface area contributed by atoms with Gasteiger partial charge in [0.05, 0.1) is 4.92 Å². The van der Waals surface area contributed by atoms with E-state index in [9.17, 15) is 19.3 Å². The quantitative estimate of drug-likeness (QED) is 0.646. The van der Waals surface area contributed by atoms with Gasteiger partial charge in [-0.25, -0.2) is 4.39 Å². The van der Waals surface area contributed by atoms with Crippen LogP contribution in [0.3, 0.4) is 0 Å². The molecule has 6 heteroatoms. The van der Waals surface area contributed by atoms with E-state index >= 15 is 0 Å². The van der Waals surface area contributed by atoms with Gasteiger partial charge in [-0.15, -0.1) is 0 Å². The highest BCUT2D eigenvalue weighted by Crippen LogP contribution is 2.22. The molecular formula is C11H11FN2O3. The molecule has 0 radical (unpaired) electrons. The maximum absolute atomic E-state index is 13.0. The molecular weight excluding hydrogens is 227 g/mol. The Labute approximate surface area is 96.8 Å². The van der Waals surface area contributed by atoms with Crippen LogP contribution in [-0.4, -0.2) is 16.9 Å². The molecule has 17 heavy (non-hydrogen) atoms. The fourth-order valence-corrected chi connectivity index (χ4v) is 1.67. The molecule has 1 N–H and O–H groups in total. The zero-order valence-corrected chi connectivity index (χ0v) is 8.98. The molecule has 0 aromatic heterocycles. The van der Waals surface area contributed by atoms with E-state index in [1.165, 1.54) is 0 Å². The van der Waals surface area contributed by atoms with Crippen LogP contribution in [0.4, 0.5) is 10.1 Å². The molecule has 0 unspecified atom stereocenters. The number of rotatable bonds is 3. The van der Waals surface area contributed by atoms with Gasteiger partial charge in [-0.1, -0.05) is 0 Å². The lowest BCUT2D eigenvalue weighted by molar-refractivity contribution is -0.385. The minimum atomic E-state index is -0.685. The summed E-state index contributed by atoms with van der Waals surface area (Å²) in [6.45, 7) is 0. The van der Waals surface area contributed by atoms with Gasteiger partial charge in [0.15, 0.2) is 0 Å². The van der Waals surface area contributed by atoms with Crippen molar-refractivity contribution in [3.8, 4) is 0 Å². The van der Waals surface area contributed by atoms with Gasteiger partial charge in [0.25, 0.3) is 11.6 Å². The molecule has 0 aliphatic heterocycles. The maximum Gasteiger partial charge on any atom is 0.282 e. The summed E-state index contributed by atoms with van der Waals surface area (Å²) in [5, 5.41) is 13.4. The van der Waals surface area contributed by atoms with E-state index in [0.717, 1.165) is 37.5 Å². The average molecular weight is 238 g/mol. The first-order chi connectivity index (χ1) is 8.08. The molecule has 0 bridgehead atoms. The van der Waals surface area contributed by atoms with E-state index < -0.39 is 16.6 Å². The molecule has 0 heterocycles. The standard InChI is InChI=1S/C11H11FN2O3/c12-7-4-5-10(14(16)17)9(6-7)11(15)13-8-2-1-3-8/h4-6,8H,1-3H2,(H,13,15). The molecule has 1 aliphatic carbocycles. The fraction of sp³-hybridized carbons (Fsp3) is 0.364. The van der Waals surface area contributed by atoms with Crippen LogP contribution in [0, 0.1) is 15.9 Å². The Hall–Kier alpha value is -1.98. The number of halogens is 1. The van der Waals surface area contributed by atoms with Gasteiger partial charge in [0.1, 0.15) is 11.4 Å². The van der Waals surface area contributed by atoms with Gasteiger partial charge >= 0.3 is 0 Å². The molecule has 2 rings (SSSR count). The topological polar surface area (TPSA) is 72.2 Å². The van der Waals surface area contributed by atoms with Gasteiger partial charge in [0, 0.05) is 12.1 Å². The normalized spacial score (nSPS) is 15.1. The molecule has 1 saturated carbocycles. The molecule has 1 aromatic rings. The number of nitrogens with zero attached hydrogens (tertiary/aromatic N) is 1. The van der Waals surface area contributed by atoms with Crippen LogP contribution in [0.15, 0.2) is 18.2 Å². The van der Waals surface area contributed by atoms with Crippen molar-refractivity contribution in [2.45, 2.75) is 25.3 Å². The van der Waals surface area contributed by atoms with Crippen molar-refractivity contribution in [2.75, 3.05) is 0 Å². The summed E-state index contributed by atoms with van der Waals surface area (Å²) < 4.78 is 13.0. The van der Waals surface area contributed by atoms with Crippen LogP contribution < -0.4 is 5.32 Å². The largest absolute Gasteiger partial charge is 0.349 e. The van der Waals surface area contributed by atoms with E-state index in [0.29, 0.717) is 0 Å². The van der Waals surface area contributed by atoms with Gasteiger partial charge in [-0.05, 0) is 31.4 Å². The van der Waals surface area contributed by atoms with Crippen molar-refractivity contribution in [3.63, 3.8) is 0 Å². The summed E-state index contributed by atoms with van der Waals surface area (Å²) in [4.78, 5) is 21.8. The van der Waals surface area contributed by atoms with Crippen molar-refractivity contribution >= 4 is 11.6 Å². The number of hydrogen-bond donors (Lipinski definition) is 1. The van der Waals surface area contributed by atoms with Crippen molar-refractivity contribution < 1.29 is 14.1 Å². The Morgan fingerprint density at radius 3 is 2.71 bits per heavy atom. The van der Waals surface area contributed by atoms with Crippen LogP contribution in [0.2, 0.25) is 0 Å². The Morgan fingerprint density at radius 2 is 2.18 bits per heavy atom. The molecule has 1 aliphatic rings. The van der Waals surface area contributed by atoms with Crippen molar-refractivity contribution in [2.24, 2.45) is 0 Å². The second-order valence-electron chi connectivity index (χ2n) is 4.02. The molecule has 0 spiro atoms. The monoisotopic (exact) mass is 238 g/mol. The number of carbonyl (C=O) groups is 1. The van der Waals surface area contributed by atoms with E-state index in [1.54, 1.807) is 0 Å². The Morgan fingerprint density at radius 1 is 1.47 bits per heavy atom. The van der Waals surface area contributed by atoms with Crippen LogP contribution in [-0.2, 0) is 0 Å². The van der Waals surface area contributed by atoms with Gasteiger partial charge < -0.3 is 5.32 Å². The summed E-state index contributed by atoms with van der Waals surface area (Å²) in [7, 11) is 0. The minimum Gasteiger partial charge on any atom is -0.349 e. The Balaban J connectivity index is 2.25. The second kappa shape index (κ2) is 4.48. The van der Waals surface area contributed by atoms with Crippen LogP contribution in [0.1, 0.15) is 29.6 Å². The zero-order valence-electron chi connectivity index (χ0n) is 8.98. The third kappa shape index (κ3) is 2.41. The van der Waals surface area contributed by atoms with E-state index in [-0.39, 0.29) is 17.3 Å². The highest BCUT2D eigenvalue weighted by atomic mass is 19.1. The fourth-order valence-electron chi connectivity index (χ4n) is 1.67. The van der Waals surface area contributed by atoms with Gasteiger partial charge in [-0.3, -0.25) is 14.9 Å². The van der Waals surface area contributed by atoms with Gasteiger partial charge in [-0.2, -0.15) is 0 Å². The van der Waals surface area contributed by atoms with Crippen molar-refractivity contribution in [1.82, 2.24) is 5.32 Å². The number of benzene rings is 1. The molecule has 1 aromatic carbocycles. The van der Waals surface area contributed by atoms with Crippen LogP contribution >= 0.6 is 0 Å². The van der Waals surface area contributed by atoms with E-state index in [2.05, 4.69) is 5.32 Å². The van der Waals surface area contributed by atoms with Crippen LogP contribution in [0.25, 0.3) is 0 Å². The predicted molar refractivity (Wildman–Crippen MR) is 58.2 cm³/mol. The number of hydrogen-bond acceptors (Lipinski definition) is 3. The highest BCUT2D eigenvalue weighted by Gasteiger charge is 2.25. The Bertz CT molecular complexity index is 472. The number of amides is 1. The summed E-state index contributed by atoms with van der Waals surface area (Å²) in [5.41, 5.74) is -0.592. The van der Waals surface area contributed by atoms with Crippen molar-refractivity contribution in [3.05, 3.63) is 39.7 Å². The number of nitrogens with one attached hydrogen (secondary N) is 1.